The quantitative estimate of drug-likeness (QED) is 0.811. The molecule has 0 aromatic carbocycles. The van der Waals surface area contributed by atoms with Crippen LogP contribution in [0.3, 0.4) is 0 Å². The number of hydrogen-bond acceptors (Lipinski definition) is 6. The van der Waals surface area contributed by atoms with E-state index in [2.05, 4.69) is 37.6 Å². The molecule has 2 heterocycles. The van der Waals surface area contributed by atoms with E-state index in [1.807, 2.05) is 12.3 Å². The van der Waals surface area contributed by atoms with Crippen LogP contribution < -0.4 is 10.6 Å². The first-order chi connectivity index (χ1) is 10.3. The summed E-state index contributed by atoms with van der Waals surface area (Å²) in [7, 11) is 1.80. The molecule has 1 atom stereocenters. The molecule has 1 unspecified atom stereocenters. The van der Waals surface area contributed by atoms with Gasteiger partial charge >= 0.3 is 0 Å². The number of nitrogens with one attached hydrogen (secondary N) is 2. The Hall–Kier alpha value is -2.18. The Kier molecular flexibility index (Phi) is 3.98. The van der Waals surface area contributed by atoms with Gasteiger partial charge in [0.2, 0.25) is 11.9 Å². The third-order valence-corrected chi connectivity index (χ3v) is 3.70. The van der Waals surface area contributed by atoms with Gasteiger partial charge in [-0.15, -0.1) is 0 Å². The van der Waals surface area contributed by atoms with Crippen LogP contribution in [0.1, 0.15) is 32.6 Å². The van der Waals surface area contributed by atoms with Gasteiger partial charge in [-0.05, 0) is 24.8 Å². The first kappa shape index (κ1) is 13.8. The van der Waals surface area contributed by atoms with E-state index in [0.29, 0.717) is 23.9 Å². The molecule has 0 spiro atoms. The molecule has 3 rings (SSSR count). The normalized spacial score (nSPS) is 15.7. The van der Waals surface area contributed by atoms with Gasteiger partial charge < -0.3 is 10.6 Å². The van der Waals surface area contributed by atoms with Crippen molar-refractivity contribution in [2.75, 3.05) is 17.7 Å². The average Bonchev–Trinajstić information content (AvgIpc) is 3.15. The standard InChI is InChI=1S/C14H21N7/c1-3-11(9-10-5-6-10)17-13-18-12(15-2)19-14(20-13)21-8-4-7-16-21/h4,7-8,10-11H,3,5-6,9H2,1-2H3,(H2,15,17,18,19,20). The molecule has 0 bridgehead atoms. The van der Waals surface area contributed by atoms with E-state index in [4.69, 9.17) is 0 Å². The van der Waals surface area contributed by atoms with Crippen molar-refractivity contribution in [1.29, 1.82) is 0 Å². The second kappa shape index (κ2) is 6.07. The first-order valence-electron chi connectivity index (χ1n) is 7.49. The lowest BCUT2D eigenvalue weighted by molar-refractivity contribution is 0.582. The number of anilines is 2. The van der Waals surface area contributed by atoms with Gasteiger partial charge in [-0.3, -0.25) is 0 Å². The Bertz CT molecular complexity index is 577. The van der Waals surface area contributed by atoms with E-state index in [9.17, 15) is 0 Å². The summed E-state index contributed by atoms with van der Waals surface area (Å²) >= 11 is 0. The zero-order valence-corrected chi connectivity index (χ0v) is 12.5. The van der Waals surface area contributed by atoms with Crippen molar-refractivity contribution in [3.05, 3.63) is 18.5 Å². The van der Waals surface area contributed by atoms with Crippen molar-refractivity contribution in [2.24, 2.45) is 5.92 Å². The lowest BCUT2D eigenvalue weighted by Gasteiger charge is -2.17. The summed E-state index contributed by atoms with van der Waals surface area (Å²) in [5.41, 5.74) is 0. The summed E-state index contributed by atoms with van der Waals surface area (Å²) in [4.78, 5) is 13.2. The smallest absolute Gasteiger partial charge is 0.257 e. The van der Waals surface area contributed by atoms with Gasteiger partial charge in [0.15, 0.2) is 0 Å². The van der Waals surface area contributed by atoms with E-state index >= 15 is 0 Å². The summed E-state index contributed by atoms with van der Waals surface area (Å²) in [5.74, 6) is 2.54. The molecule has 1 fully saturated rings. The van der Waals surface area contributed by atoms with Crippen LogP contribution in [0.2, 0.25) is 0 Å². The van der Waals surface area contributed by atoms with Crippen LogP contribution in [0.15, 0.2) is 18.5 Å². The fraction of sp³-hybridized carbons (Fsp3) is 0.571. The SMILES string of the molecule is CCC(CC1CC1)Nc1nc(NC)nc(-n2cccn2)n1. The Labute approximate surface area is 124 Å². The third-order valence-electron chi connectivity index (χ3n) is 3.70. The highest BCUT2D eigenvalue weighted by Crippen LogP contribution is 2.34. The maximum atomic E-state index is 4.47. The Morgan fingerprint density at radius 2 is 2.10 bits per heavy atom. The van der Waals surface area contributed by atoms with Crippen LogP contribution in [0, 0.1) is 5.92 Å². The minimum absolute atomic E-state index is 0.412. The molecule has 7 nitrogen and oxygen atoms in total. The van der Waals surface area contributed by atoms with Gasteiger partial charge in [0.25, 0.3) is 5.95 Å². The van der Waals surface area contributed by atoms with Crippen molar-refractivity contribution in [2.45, 2.75) is 38.6 Å². The molecule has 2 aromatic heterocycles. The Balaban J connectivity index is 1.81. The van der Waals surface area contributed by atoms with E-state index in [1.54, 1.807) is 17.9 Å². The second-order valence-electron chi connectivity index (χ2n) is 5.41. The number of rotatable bonds is 7. The van der Waals surface area contributed by atoms with E-state index in [0.717, 1.165) is 12.3 Å². The second-order valence-corrected chi connectivity index (χ2v) is 5.41. The van der Waals surface area contributed by atoms with Crippen molar-refractivity contribution in [1.82, 2.24) is 24.7 Å². The highest BCUT2D eigenvalue weighted by molar-refractivity contribution is 5.38. The summed E-state index contributed by atoms with van der Waals surface area (Å²) in [6, 6.07) is 2.26. The van der Waals surface area contributed by atoms with Crippen molar-refractivity contribution in [3.63, 3.8) is 0 Å². The van der Waals surface area contributed by atoms with Gasteiger partial charge in [-0.25, -0.2) is 4.68 Å². The zero-order chi connectivity index (χ0) is 14.7. The van der Waals surface area contributed by atoms with E-state index in [-0.39, 0.29) is 0 Å². The monoisotopic (exact) mass is 287 g/mol. The van der Waals surface area contributed by atoms with E-state index in [1.165, 1.54) is 19.3 Å². The third kappa shape index (κ3) is 3.48. The lowest BCUT2D eigenvalue weighted by Crippen LogP contribution is -2.22. The molecule has 1 saturated carbocycles. The molecule has 21 heavy (non-hydrogen) atoms. The van der Waals surface area contributed by atoms with Gasteiger partial charge in [-0.2, -0.15) is 20.1 Å². The number of aromatic nitrogens is 5. The molecule has 0 amide bonds. The molecular weight excluding hydrogens is 266 g/mol. The average molecular weight is 287 g/mol. The molecular formula is C14H21N7. The van der Waals surface area contributed by atoms with Gasteiger partial charge in [-0.1, -0.05) is 19.8 Å². The fourth-order valence-corrected chi connectivity index (χ4v) is 2.30. The molecule has 2 aromatic rings. The fourth-order valence-electron chi connectivity index (χ4n) is 2.30. The van der Waals surface area contributed by atoms with Gasteiger partial charge in [0.05, 0.1) is 0 Å². The molecule has 0 saturated heterocycles. The molecule has 0 aliphatic heterocycles. The largest absolute Gasteiger partial charge is 0.357 e. The van der Waals surface area contributed by atoms with Gasteiger partial charge in [0, 0.05) is 25.5 Å². The minimum atomic E-state index is 0.412. The van der Waals surface area contributed by atoms with Crippen LogP contribution in [0.5, 0.6) is 0 Å². The summed E-state index contributed by atoms with van der Waals surface area (Å²) in [6.07, 6.45) is 8.49. The predicted molar refractivity (Wildman–Crippen MR) is 81.5 cm³/mol. The zero-order valence-electron chi connectivity index (χ0n) is 12.5. The predicted octanol–water partition coefficient (Wildman–Crippen LogP) is 2.09. The number of nitrogens with zero attached hydrogens (tertiary/aromatic N) is 5. The summed E-state index contributed by atoms with van der Waals surface area (Å²) in [6.45, 7) is 2.19. The van der Waals surface area contributed by atoms with Crippen LogP contribution in [0.25, 0.3) is 5.95 Å². The van der Waals surface area contributed by atoms with Gasteiger partial charge in [0.1, 0.15) is 0 Å². The molecule has 7 heteroatoms. The molecule has 2 N–H and O–H groups in total. The summed E-state index contributed by atoms with van der Waals surface area (Å²) < 4.78 is 1.63. The molecule has 0 radical (unpaired) electrons. The van der Waals surface area contributed by atoms with Crippen LogP contribution in [-0.4, -0.2) is 37.8 Å². The Morgan fingerprint density at radius 3 is 2.71 bits per heavy atom. The van der Waals surface area contributed by atoms with Crippen molar-refractivity contribution < 1.29 is 0 Å². The van der Waals surface area contributed by atoms with E-state index < -0.39 is 0 Å². The highest BCUT2D eigenvalue weighted by atomic mass is 15.4. The minimum Gasteiger partial charge on any atom is -0.357 e. The number of hydrogen-bond donors (Lipinski definition) is 2. The Morgan fingerprint density at radius 1 is 1.29 bits per heavy atom. The first-order valence-corrected chi connectivity index (χ1v) is 7.49. The lowest BCUT2D eigenvalue weighted by atomic mass is 10.1. The van der Waals surface area contributed by atoms with Crippen molar-refractivity contribution >= 4 is 11.9 Å². The van der Waals surface area contributed by atoms with Crippen LogP contribution in [0.4, 0.5) is 11.9 Å². The van der Waals surface area contributed by atoms with Crippen LogP contribution >= 0.6 is 0 Å². The van der Waals surface area contributed by atoms with Crippen LogP contribution in [-0.2, 0) is 0 Å². The topological polar surface area (TPSA) is 80.5 Å². The molecule has 1 aliphatic carbocycles. The highest BCUT2D eigenvalue weighted by Gasteiger charge is 2.25. The van der Waals surface area contributed by atoms with Crippen molar-refractivity contribution in [3.8, 4) is 5.95 Å². The summed E-state index contributed by atoms with van der Waals surface area (Å²) in [5, 5.41) is 10.6. The maximum absolute atomic E-state index is 4.47. The molecule has 112 valence electrons. The molecule has 1 aliphatic rings. The maximum Gasteiger partial charge on any atom is 0.257 e.